The van der Waals surface area contributed by atoms with Gasteiger partial charge in [-0.15, -0.1) is 0 Å². The van der Waals surface area contributed by atoms with Crippen molar-refractivity contribution in [2.75, 3.05) is 44.9 Å². The molecule has 6 nitrogen and oxygen atoms in total. The maximum atomic E-state index is 12.7. The SMILES string of the molecule is COc1ccc(N2CCOCC2)c2c1N=C(C(=O)NCCc1ccc(C)cc1)C2. The van der Waals surface area contributed by atoms with Crippen LogP contribution in [-0.2, 0) is 22.4 Å². The van der Waals surface area contributed by atoms with Crippen molar-refractivity contribution in [3.63, 3.8) is 0 Å². The van der Waals surface area contributed by atoms with Gasteiger partial charge in [-0.3, -0.25) is 4.79 Å². The van der Waals surface area contributed by atoms with Gasteiger partial charge in [-0.1, -0.05) is 29.8 Å². The zero-order valence-electron chi connectivity index (χ0n) is 17.0. The number of carbonyl (C=O) groups is 1. The maximum Gasteiger partial charge on any atom is 0.266 e. The molecule has 4 rings (SSSR count). The molecule has 29 heavy (non-hydrogen) atoms. The summed E-state index contributed by atoms with van der Waals surface area (Å²) in [4.78, 5) is 19.7. The van der Waals surface area contributed by atoms with E-state index in [0.29, 0.717) is 37.6 Å². The number of rotatable bonds is 6. The monoisotopic (exact) mass is 393 g/mol. The number of hydrogen-bond donors (Lipinski definition) is 1. The lowest BCUT2D eigenvalue weighted by Gasteiger charge is -2.30. The number of nitrogens with zero attached hydrogens (tertiary/aromatic N) is 2. The highest BCUT2D eigenvalue weighted by Crippen LogP contribution is 2.42. The fraction of sp³-hybridized carbons (Fsp3) is 0.391. The number of benzene rings is 2. The molecule has 0 spiro atoms. The number of ether oxygens (including phenoxy) is 2. The fourth-order valence-electron chi connectivity index (χ4n) is 3.82. The zero-order valence-corrected chi connectivity index (χ0v) is 17.0. The molecule has 1 N–H and O–H groups in total. The summed E-state index contributed by atoms with van der Waals surface area (Å²) in [6.07, 6.45) is 1.32. The molecule has 0 saturated carbocycles. The van der Waals surface area contributed by atoms with Gasteiger partial charge in [0.15, 0.2) is 0 Å². The summed E-state index contributed by atoms with van der Waals surface area (Å²) in [5, 5.41) is 3.01. The summed E-state index contributed by atoms with van der Waals surface area (Å²) in [5.41, 5.74) is 5.96. The number of methoxy groups -OCH3 is 1. The van der Waals surface area contributed by atoms with Crippen LogP contribution in [0.15, 0.2) is 41.4 Å². The first-order valence-corrected chi connectivity index (χ1v) is 10.1. The molecule has 0 bridgehead atoms. The second-order valence-electron chi connectivity index (χ2n) is 7.44. The Hall–Kier alpha value is -2.86. The third-order valence-electron chi connectivity index (χ3n) is 5.47. The van der Waals surface area contributed by atoms with Crippen molar-refractivity contribution in [3.8, 4) is 5.75 Å². The van der Waals surface area contributed by atoms with Gasteiger partial charge in [-0.25, -0.2) is 4.99 Å². The maximum absolute atomic E-state index is 12.7. The van der Waals surface area contributed by atoms with Gasteiger partial charge in [0.1, 0.15) is 17.1 Å². The highest BCUT2D eigenvalue weighted by atomic mass is 16.5. The van der Waals surface area contributed by atoms with E-state index >= 15 is 0 Å². The van der Waals surface area contributed by atoms with Gasteiger partial charge in [0.25, 0.3) is 5.91 Å². The molecule has 1 amide bonds. The number of aliphatic imine (C=N–C) groups is 1. The van der Waals surface area contributed by atoms with E-state index in [4.69, 9.17) is 9.47 Å². The summed E-state index contributed by atoms with van der Waals surface area (Å²) < 4.78 is 11.0. The van der Waals surface area contributed by atoms with Crippen LogP contribution in [0.1, 0.15) is 16.7 Å². The van der Waals surface area contributed by atoms with E-state index in [-0.39, 0.29) is 5.91 Å². The highest BCUT2D eigenvalue weighted by Gasteiger charge is 2.28. The molecule has 2 aromatic rings. The normalized spacial score (nSPS) is 15.7. The second-order valence-corrected chi connectivity index (χ2v) is 7.44. The third-order valence-corrected chi connectivity index (χ3v) is 5.47. The highest BCUT2D eigenvalue weighted by molar-refractivity contribution is 6.41. The number of carbonyl (C=O) groups excluding carboxylic acids is 1. The van der Waals surface area contributed by atoms with Gasteiger partial charge < -0.3 is 19.7 Å². The average molecular weight is 393 g/mol. The molecule has 2 aliphatic heterocycles. The molecule has 6 heteroatoms. The fourth-order valence-corrected chi connectivity index (χ4v) is 3.82. The van der Waals surface area contributed by atoms with Crippen LogP contribution in [0.2, 0.25) is 0 Å². The predicted octanol–water partition coefficient (Wildman–Crippen LogP) is 2.83. The summed E-state index contributed by atoms with van der Waals surface area (Å²) in [6.45, 7) is 5.78. The molecule has 0 atom stereocenters. The molecule has 0 radical (unpaired) electrons. The zero-order chi connectivity index (χ0) is 20.2. The van der Waals surface area contributed by atoms with Gasteiger partial charge in [-0.2, -0.15) is 0 Å². The van der Waals surface area contributed by atoms with Gasteiger partial charge in [0.05, 0.1) is 20.3 Å². The Morgan fingerprint density at radius 1 is 1.17 bits per heavy atom. The van der Waals surface area contributed by atoms with Crippen LogP contribution in [0.25, 0.3) is 0 Å². The van der Waals surface area contributed by atoms with Crippen LogP contribution in [0.4, 0.5) is 11.4 Å². The average Bonchev–Trinajstić information content (AvgIpc) is 3.20. The van der Waals surface area contributed by atoms with Crippen LogP contribution in [0, 0.1) is 6.92 Å². The smallest absolute Gasteiger partial charge is 0.266 e. The van der Waals surface area contributed by atoms with Crippen LogP contribution >= 0.6 is 0 Å². The second kappa shape index (κ2) is 8.66. The minimum atomic E-state index is -0.108. The van der Waals surface area contributed by atoms with Crippen LogP contribution in [-0.4, -0.2) is 51.6 Å². The van der Waals surface area contributed by atoms with Crippen LogP contribution in [0.5, 0.6) is 5.75 Å². The van der Waals surface area contributed by atoms with E-state index in [1.165, 1.54) is 11.1 Å². The number of anilines is 1. The molecular formula is C23H27N3O3. The van der Waals surface area contributed by atoms with Crippen molar-refractivity contribution in [3.05, 3.63) is 53.1 Å². The summed E-state index contributed by atoms with van der Waals surface area (Å²) in [6, 6.07) is 12.4. The van der Waals surface area contributed by atoms with Crippen molar-refractivity contribution in [2.24, 2.45) is 4.99 Å². The quantitative estimate of drug-likeness (QED) is 0.820. The number of aryl methyl sites for hydroxylation is 1. The molecule has 0 aromatic heterocycles. The van der Waals surface area contributed by atoms with E-state index in [1.54, 1.807) is 7.11 Å². The molecule has 2 heterocycles. The Morgan fingerprint density at radius 2 is 1.93 bits per heavy atom. The van der Waals surface area contributed by atoms with E-state index in [1.807, 2.05) is 6.07 Å². The van der Waals surface area contributed by atoms with Crippen LogP contribution in [0.3, 0.4) is 0 Å². The van der Waals surface area contributed by atoms with Gasteiger partial charge in [-0.05, 0) is 31.0 Å². The topological polar surface area (TPSA) is 63.2 Å². The van der Waals surface area contributed by atoms with Gasteiger partial charge in [0.2, 0.25) is 0 Å². The Morgan fingerprint density at radius 3 is 2.66 bits per heavy atom. The number of fused-ring (bicyclic) bond motifs is 1. The number of hydrogen-bond acceptors (Lipinski definition) is 5. The van der Waals surface area contributed by atoms with Crippen molar-refractivity contribution in [2.45, 2.75) is 19.8 Å². The molecule has 1 saturated heterocycles. The molecule has 2 aromatic carbocycles. The molecule has 2 aliphatic rings. The van der Waals surface area contributed by atoms with Gasteiger partial charge in [0, 0.05) is 37.3 Å². The van der Waals surface area contributed by atoms with Crippen molar-refractivity contribution < 1.29 is 14.3 Å². The largest absolute Gasteiger partial charge is 0.494 e. The Labute approximate surface area is 171 Å². The van der Waals surface area contributed by atoms with Crippen LogP contribution < -0.4 is 15.0 Å². The van der Waals surface area contributed by atoms with E-state index in [2.05, 4.69) is 52.5 Å². The first-order valence-electron chi connectivity index (χ1n) is 10.1. The minimum Gasteiger partial charge on any atom is -0.494 e. The third kappa shape index (κ3) is 4.27. The lowest BCUT2D eigenvalue weighted by molar-refractivity contribution is -0.114. The Kier molecular flexibility index (Phi) is 5.81. The first-order chi connectivity index (χ1) is 14.2. The molecule has 0 aliphatic carbocycles. The number of morpholine rings is 1. The van der Waals surface area contributed by atoms with Gasteiger partial charge >= 0.3 is 0 Å². The van der Waals surface area contributed by atoms with Crippen molar-refractivity contribution >= 4 is 23.0 Å². The number of nitrogens with one attached hydrogen (secondary N) is 1. The van der Waals surface area contributed by atoms with E-state index in [9.17, 15) is 4.79 Å². The molecular weight excluding hydrogens is 366 g/mol. The lowest BCUT2D eigenvalue weighted by atomic mass is 10.0. The van der Waals surface area contributed by atoms with E-state index in [0.717, 1.165) is 36.4 Å². The van der Waals surface area contributed by atoms with E-state index < -0.39 is 0 Å². The molecule has 0 unspecified atom stereocenters. The minimum absolute atomic E-state index is 0.108. The standard InChI is InChI=1S/C23H27N3O3/c1-16-3-5-17(6-4-16)9-10-24-23(27)19-15-18-20(26-11-13-29-14-12-26)7-8-21(28-2)22(18)25-19/h3-8H,9-15H2,1-2H3,(H,24,27). The first kappa shape index (κ1) is 19.5. The van der Waals surface area contributed by atoms with Crippen molar-refractivity contribution in [1.29, 1.82) is 0 Å². The predicted molar refractivity (Wildman–Crippen MR) is 115 cm³/mol. The summed E-state index contributed by atoms with van der Waals surface area (Å²) >= 11 is 0. The number of amides is 1. The Bertz CT molecular complexity index is 916. The van der Waals surface area contributed by atoms with Crippen molar-refractivity contribution in [1.82, 2.24) is 5.32 Å². The lowest BCUT2D eigenvalue weighted by Crippen LogP contribution is -2.37. The summed E-state index contributed by atoms with van der Waals surface area (Å²) in [5.74, 6) is 0.600. The molecule has 1 fully saturated rings. The summed E-state index contributed by atoms with van der Waals surface area (Å²) in [7, 11) is 1.64. The molecule has 152 valence electrons. The Balaban J connectivity index is 1.44.